The molecule has 6 aromatic rings. The molecule has 3 aromatic heterocycles. The molecule has 4 heterocycles. The number of anilines is 3. The SMILES string of the molecule is O=C(Nc1cccc(-c2nc3sccn3c2-c2ccnc(Nc3cccc(OCCCN4CCOCC4)c3)n2)c1)c1ccccc1. The Morgan fingerprint density at radius 1 is 0.935 bits per heavy atom. The Labute approximate surface area is 270 Å². The van der Waals surface area contributed by atoms with Crippen LogP contribution in [0.4, 0.5) is 17.3 Å². The van der Waals surface area contributed by atoms with E-state index in [-0.39, 0.29) is 5.91 Å². The third kappa shape index (κ3) is 6.91. The van der Waals surface area contributed by atoms with Crippen molar-refractivity contribution in [2.75, 3.05) is 50.1 Å². The predicted molar refractivity (Wildman–Crippen MR) is 181 cm³/mol. The van der Waals surface area contributed by atoms with Crippen molar-refractivity contribution in [2.45, 2.75) is 6.42 Å². The summed E-state index contributed by atoms with van der Waals surface area (Å²) in [6.07, 6.45) is 4.68. The maximum Gasteiger partial charge on any atom is 0.255 e. The molecule has 1 saturated heterocycles. The van der Waals surface area contributed by atoms with Gasteiger partial charge in [-0.25, -0.2) is 15.0 Å². The number of hydrogen-bond acceptors (Lipinski definition) is 9. The number of amides is 1. The minimum atomic E-state index is -0.169. The van der Waals surface area contributed by atoms with Crippen molar-refractivity contribution < 1.29 is 14.3 Å². The minimum absolute atomic E-state index is 0.169. The summed E-state index contributed by atoms with van der Waals surface area (Å²) in [6.45, 7) is 5.22. The van der Waals surface area contributed by atoms with Gasteiger partial charge in [0.1, 0.15) is 11.4 Å². The summed E-state index contributed by atoms with van der Waals surface area (Å²) in [5.41, 5.74) is 5.29. The van der Waals surface area contributed by atoms with Crippen LogP contribution in [0.25, 0.3) is 27.6 Å². The van der Waals surface area contributed by atoms with Crippen molar-refractivity contribution >= 4 is 39.5 Å². The van der Waals surface area contributed by atoms with Gasteiger partial charge in [0.25, 0.3) is 5.91 Å². The van der Waals surface area contributed by atoms with E-state index in [0.717, 1.165) is 72.6 Å². The van der Waals surface area contributed by atoms with Crippen molar-refractivity contribution in [3.05, 3.63) is 108 Å². The van der Waals surface area contributed by atoms with E-state index in [1.54, 1.807) is 29.7 Å². The number of carbonyl (C=O) groups excluding carboxylic acids is 1. The van der Waals surface area contributed by atoms with Crippen LogP contribution in [0.2, 0.25) is 0 Å². The first-order chi connectivity index (χ1) is 22.7. The largest absolute Gasteiger partial charge is 0.493 e. The molecule has 0 aliphatic carbocycles. The molecule has 1 fully saturated rings. The second kappa shape index (κ2) is 13.9. The van der Waals surface area contributed by atoms with Crippen molar-refractivity contribution in [2.24, 2.45) is 0 Å². The molecule has 0 spiro atoms. The molecule has 10 nitrogen and oxygen atoms in total. The van der Waals surface area contributed by atoms with Gasteiger partial charge < -0.3 is 20.1 Å². The maximum absolute atomic E-state index is 12.8. The second-order valence-electron chi connectivity index (χ2n) is 10.8. The molecular weight excluding hydrogens is 598 g/mol. The van der Waals surface area contributed by atoms with Gasteiger partial charge in [0.2, 0.25) is 5.95 Å². The Hall–Kier alpha value is -5.10. The summed E-state index contributed by atoms with van der Waals surface area (Å²) in [5, 5.41) is 8.34. The van der Waals surface area contributed by atoms with E-state index in [0.29, 0.717) is 29.5 Å². The smallest absolute Gasteiger partial charge is 0.255 e. The number of benzene rings is 3. The lowest BCUT2D eigenvalue weighted by Crippen LogP contribution is -2.37. The molecule has 46 heavy (non-hydrogen) atoms. The molecule has 0 radical (unpaired) electrons. The van der Waals surface area contributed by atoms with E-state index >= 15 is 0 Å². The number of thiazole rings is 1. The van der Waals surface area contributed by atoms with E-state index in [4.69, 9.17) is 19.4 Å². The number of morpholine rings is 1. The monoisotopic (exact) mass is 631 g/mol. The van der Waals surface area contributed by atoms with Crippen LogP contribution in [0.3, 0.4) is 0 Å². The van der Waals surface area contributed by atoms with Gasteiger partial charge in [-0.05, 0) is 48.9 Å². The summed E-state index contributed by atoms with van der Waals surface area (Å²) in [5.74, 6) is 1.08. The number of carbonyl (C=O) groups is 1. The van der Waals surface area contributed by atoms with Gasteiger partial charge in [-0.3, -0.25) is 14.1 Å². The van der Waals surface area contributed by atoms with Crippen molar-refractivity contribution in [3.8, 4) is 28.4 Å². The van der Waals surface area contributed by atoms with E-state index in [1.165, 1.54) is 0 Å². The molecule has 2 N–H and O–H groups in total. The quantitative estimate of drug-likeness (QED) is 0.154. The number of hydrogen-bond donors (Lipinski definition) is 2. The van der Waals surface area contributed by atoms with Crippen LogP contribution in [0, 0.1) is 0 Å². The molecule has 232 valence electrons. The highest BCUT2D eigenvalue weighted by atomic mass is 32.1. The number of nitrogens with one attached hydrogen (secondary N) is 2. The summed E-state index contributed by atoms with van der Waals surface area (Å²) in [7, 11) is 0. The van der Waals surface area contributed by atoms with Gasteiger partial charge in [-0.2, -0.15) is 0 Å². The molecule has 1 aliphatic rings. The molecule has 0 saturated carbocycles. The first-order valence-corrected chi connectivity index (χ1v) is 16.1. The average molecular weight is 632 g/mol. The van der Waals surface area contributed by atoms with Crippen LogP contribution in [0.5, 0.6) is 5.75 Å². The molecule has 3 aromatic carbocycles. The van der Waals surface area contributed by atoms with Gasteiger partial charge in [0.15, 0.2) is 4.96 Å². The fraction of sp³-hybridized carbons (Fsp3) is 0.200. The Bertz CT molecular complexity index is 1940. The van der Waals surface area contributed by atoms with Crippen LogP contribution < -0.4 is 15.4 Å². The van der Waals surface area contributed by atoms with E-state index in [2.05, 4.69) is 20.5 Å². The summed E-state index contributed by atoms with van der Waals surface area (Å²) in [4.78, 5) is 30.4. The molecule has 0 bridgehead atoms. The Morgan fingerprint density at radius 3 is 2.67 bits per heavy atom. The maximum atomic E-state index is 12.8. The normalized spacial score (nSPS) is 13.5. The third-order valence-electron chi connectivity index (χ3n) is 7.67. The fourth-order valence-corrected chi connectivity index (χ4v) is 6.13. The van der Waals surface area contributed by atoms with E-state index in [1.807, 2.05) is 88.8 Å². The summed E-state index contributed by atoms with van der Waals surface area (Å²) >= 11 is 1.55. The van der Waals surface area contributed by atoms with Crippen LogP contribution in [0.15, 0.2) is 103 Å². The van der Waals surface area contributed by atoms with Crippen LogP contribution in [-0.2, 0) is 4.74 Å². The Balaban J connectivity index is 1.09. The molecule has 1 amide bonds. The van der Waals surface area contributed by atoms with Gasteiger partial charge >= 0.3 is 0 Å². The predicted octanol–water partition coefficient (Wildman–Crippen LogP) is 6.62. The van der Waals surface area contributed by atoms with E-state index < -0.39 is 0 Å². The third-order valence-corrected chi connectivity index (χ3v) is 8.43. The molecular formula is C35H33N7O3S. The zero-order valence-corrected chi connectivity index (χ0v) is 26.0. The first kappa shape index (κ1) is 29.6. The molecule has 7 rings (SSSR count). The summed E-state index contributed by atoms with van der Waals surface area (Å²) in [6, 6.07) is 26.6. The molecule has 0 atom stereocenters. The second-order valence-corrected chi connectivity index (χ2v) is 11.7. The van der Waals surface area contributed by atoms with Crippen molar-refractivity contribution in [3.63, 3.8) is 0 Å². The number of aromatic nitrogens is 4. The van der Waals surface area contributed by atoms with Crippen LogP contribution in [-0.4, -0.2) is 69.6 Å². The van der Waals surface area contributed by atoms with Crippen molar-refractivity contribution in [1.29, 1.82) is 0 Å². The van der Waals surface area contributed by atoms with Crippen molar-refractivity contribution in [1.82, 2.24) is 24.3 Å². The van der Waals surface area contributed by atoms with Gasteiger partial charge in [-0.1, -0.05) is 36.4 Å². The lowest BCUT2D eigenvalue weighted by Gasteiger charge is -2.26. The standard InChI is InChI=1S/C35H33N7O3S/c43-33(25-7-2-1-3-8-25)37-27-10-4-9-26(23-27)31-32(42-18-22-46-35(42)40-31)30-13-14-36-34(39-30)38-28-11-5-12-29(24-28)45-19-6-15-41-16-20-44-21-17-41/h1-5,7-14,18,22-24H,6,15-17,19-21H2,(H,37,43)(H,36,38,39). The average Bonchev–Trinajstić information content (AvgIpc) is 3.70. The van der Waals surface area contributed by atoms with Crippen LogP contribution >= 0.6 is 11.3 Å². The van der Waals surface area contributed by atoms with E-state index in [9.17, 15) is 4.79 Å². The zero-order valence-electron chi connectivity index (χ0n) is 25.1. The van der Waals surface area contributed by atoms with Gasteiger partial charge in [0, 0.05) is 66.0 Å². The highest BCUT2D eigenvalue weighted by molar-refractivity contribution is 7.15. The number of rotatable bonds is 11. The molecule has 0 unspecified atom stereocenters. The number of fused-ring (bicyclic) bond motifs is 1. The van der Waals surface area contributed by atoms with Gasteiger partial charge in [0.05, 0.1) is 31.2 Å². The lowest BCUT2D eigenvalue weighted by atomic mass is 10.1. The minimum Gasteiger partial charge on any atom is -0.493 e. The number of imidazole rings is 1. The van der Waals surface area contributed by atoms with Gasteiger partial charge in [-0.15, -0.1) is 11.3 Å². The summed E-state index contributed by atoms with van der Waals surface area (Å²) < 4.78 is 13.5. The number of ether oxygens (including phenoxy) is 2. The highest BCUT2D eigenvalue weighted by Crippen LogP contribution is 2.35. The van der Waals surface area contributed by atoms with Crippen LogP contribution in [0.1, 0.15) is 16.8 Å². The molecule has 1 aliphatic heterocycles. The highest BCUT2D eigenvalue weighted by Gasteiger charge is 2.19. The zero-order chi connectivity index (χ0) is 31.1. The number of nitrogens with zero attached hydrogens (tertiary/aromatic N) is 5. The topological polar surface area (TPSA) is 106 Å². The first-order valence-electron chi connectivity index (χ1n) is 15.3. The molecule has 11 heteroatoms. The fourth-order valence-electron chi connectivity index (χ4n) is 5.42. The Morgan fingerprint density at radius 2 is 1.78 bits per heavy atom. The Kier molecular flexibility index (Phi) is 8.95. The lowest BCUT2D eigenvalue weighted by molar-refractivity contribution is 0.0358.